The number of carbonyl (C=O) groups is 2. The van der Waals surface area contributed by atoms with Crippen LogP contribution in [0.1, 0.15) is 29.6 Å². The Morgan fingerprint density at radius 3 is 2.52 bits per heavy atom. The predicted octanol–water partition coefficient (Wildman–Crippen LogP) is 2.30. The molecule has 2 amide bonds. The van der Waals surface area contributed by atoms with Crippen molar-refractivity contribution in [3.8, 4) is 0 Å². The summed E-state index contributed by atoms with van der Waals surface area (Å²) in [7, 11) is 0. The first-order chi connectivity index (χ1) is 11.2. The van der Waals surface area contributed by atoms with Gasteiger partial charge < -0.3 is 14.5 Å². The molecule has 5 nitrogen and oxygen atoms in total. The fraction of sp³-hybridized carbons (Fsp3) is 0.529. The van der Waals surface area contributed by atoms with E-state index in [4.69, 9.17) is 4.74 Å². The number of benzene rings is 1. The van der Waals surface area contributed by atoms with Crippen molar-refractivity contribution in [1.29, 1.82) is 0 Å². The summed E-state index contributed by atoms with van der Waals surface area (Å²) in [5.74, 6) is 0.0987. The first kappa shape index (κ1) is 16.5. The van der Waals surface area contributed by atoms with E-state index in [0.717, 1.165) is 23.7 Å². The second kappa shape index (κ2) is 7.45. The number of rotatable bonds is 2. The molecule has 6 heteroatoms. The maximum atomic E-state index is 12.7. The minimum absolute atomic E-state index is 0.0175. The molecule has 2 aliphatic rings. The highest BCUT2D eigenvalue weighted by Gasteiger charge is 2.30. The summed E-state index contributed by atoms with van der Waals surface area (Å²) >= 11 is 3.43. The van der Waals surface area contributed by atoms with E-state index in [1.54, 1.807) is 0 Å². The van der Waals surface area contributed by atoms with Crippen molar-refractivity contribution in [2.45, 2.75) is 25.4 Å². The van der Waals surface area contributed by atoms with Crippen LogP contribution in [0, 0.1) is 0 Å². The molecule has 1 aromatic rings. The Labute approximate surface area is 144 Å². The topological polar surface area (TPSA) is 49.9 Å². The van der Waals surface area contributed by atoms with Crippen molar-refractivity contribution in [1.82, 2.24) is 9.80 Å². The van der Waals surface area contributed by atoms with E-state index in [1.165, 1.54) is 0 Å². The Morgan fingerprint density at radius 2 is 1.78 bits per heavy atom. The molecule has 2 saturated heterocycles. The number of hydrogen-bond donors (Lipinski definition) is 0. The molecule has 0 saturated carbocycles. The molecule has 1 aromatic carbocycles. The number of amides is 2. The molecule has 124 valence electrons. The van der Waals surface area contributed by atoms with Gasteiger partial charge in [-0.15, -0.1) is 0 Å². The quantitative estimate of drug-likeness (QED) is 0.790. The van der Waals surface area contributed by atoms with Crippen molar-refractivity contribution >= 4 is 27.7 Å². The summed E-state index contributed by atoms with van der Waals surface area (Å²) in [5, 5.41) is 0. The van der Waals surface area contributed by atoms with Crippen LogP contribution in [0.15, 0.2) is 28.7 Å². The zero-order valence-electron chi connectivity index (χ0n) is 13.0. The number of carbonyl (C=O) groups excluding carboxylic acids is 2. The summed E-state index contributed by atoms with van der Waals surface area (Å²) in [5.41, 5.74) is 0.673. The lowest BCUT2D eigenvalue weighted by molar-refractivity contribution is -0.140. The van der Waals surface area contributed by atoms with E-state index >= 15 is 0 Å². The van der Waals surface area contributed by atoms with Gasteiger partial charge in [0.05, 0.1) is 5.56 Å². The standard InChI is InChI=1S/C17H21BrN2O3/c18-14-6-2-1-5-13(14)16(21)19-8-4-9-20(11-10-19)17(22)15-7-3-12-23-15/h1-2,5-6,15H,3-4,7-12H2. The molecule has 0 bridgehead atoms. The number of hydrogen-bond acceptors (Lipinski definition) is 3. The lowest BCUT2D eigenvalue weighted by Gasteiger charge is -2.24. The van der Waals surface area contributed by atoms with Gasteiger partial charge in [-0.1, -0.05) is 12.1 Å². The van der Waals surface area contributed by atoms with Crippen LogP contribution < -0.4 is 0 Å². The molecule has 3 rings (SSSR count). The lowest BCUT2D eigenvalue weighted by atomic mass is 10.2. The molecule has 0 radical (unpaired) electrons. The van der Waals surface area contributed by atoms with Crippen LogP contribution in [-0.4, -0.2) is 60.5 Å². The predicted molar refractivity (Wildman–Crippen MR) is 90.2 cm³/mol. The lowest BCUT2D eigenvalue weighted by Crippen LogP contribution is -2.41. The number of halogens is 1. The number of ether oxygens (including phenoxy) is 1. The van der Waals surface area contributed by atoms with Gasteiger partial charge >= 0.3 is 0 Å². The van der Waals surface area contributed by atoms with E-state index in [-0.39, 0.29) is 17.9 Å². The molecule has 0 aliphatic carbocycles. The second-order valence-corrected chi connectivity index (χ2v) is 6.81. The summed E-state index contributed by atoms with van der Waals surface area (Å²) < 4.78 is 6.30. The second-order valence-electron chi connectivity index (χ2n) is 5.95. The molecular formula is C17H21BrN2O3. The normalized spacial score (nSPS) is 22.0. The van der Waals surface area contributed by atoms with Gasteiger partial charge in [-0.3, -0.25) is 9.59 Å². The fourth-order valence-corrected chi connectivity index (χ4v) is 3.58. The molecule has 2 fully saturated rings. The average Bonchev–Trinajstić information content (AvgIpc) is 2.98. The summed E-state index contributed by atoms with van der Waals surface area (Å²) in [4.78, 5) is 28.8. The van der Waals surface area contributed by atoms with Gasteiger partial charge in [-0.25, -0.2) is 0 Å². The van der Waals surface area contributed by atoms with Crippen LogP contribution in [0.4, 0.5) is 0 Å². The molecule has 23 heavy (non-hydrogen) atoms. The first-order valence-electron chi connectivity index (χ1n) is 8.11. The smallest absolute Gasteiger partial charge is 0.255 e. The Bertz CT molecular complexity index is 587. The third-order valence-electron chi connectivity index (χ3n) is 4.40. The first-order valence-corrected chi connectivity index (χ1v) is 8.90. The van der Waals surface area contributed by atoms with Gasteiger partial charge in [0.2, 0.25) is 0 Å². The van der Waals surface area contributed by atoms with E-state index in [0.29, 0.717) is 38.3 Å². The number of nitrogens with zero attached hydrogens (tertiary/aromatic N) is 2. The van der Waals surface area contributed by atoms with E-state index in [9.17, 15) is 9.59 Å². The Kier molecular flexibility index (Phi) is 5.33. The van der Waals surface area contributed by atoms with Crippen LogP contribution >= 0.6 is 15.9 Å². The molecule has 2 heterocycles. The van der Waals surface area contributed by atoms with Crippen molar-refractivity contribution in [3.63, 3.8) is 0 Å². The van der Waals surface area contributed by atoms with Gasteiger partial charge in [0.25, 0.3) is 11.8 Å². The molecule has 2 aliphatic heterocycles. The van der Waals surface area contributed by atoms with Gasteiger partial charge in [0.1, 0.15) is 6.10 Å². The van der Waals surface area contributed by atoms with E-state index in [1.807, 2.05) is 34.1 Å². The minimum atomic E-state index is -0.277. The van der Waals surface area contributed by atoms with Gasteiger partial charge in [0.15, 0.2) is 0 Å². The molecule has 1 unspecified atom stereocenters. The third-order valence-corrected chi connectivity index (χ3v) is 5.10. The Balaban J connectivity index is 1.63. The third kappa shape index (κ3) is 3.75. The van der Waals surface area contributed by atoms with Crippen LogP contribution in [0.3, 0.4) is 0 Å². The average molecular weight is 381 g/mol. The molecular weight excluding hydrogens is 360 g/mol. The zero-order valence-corrected chi connectivity index (χ0v) is 14.6. The summed E-state index contributed by atoms with van der Waals surface area (Å²) in [6.07, 6.45) is 2.29. The minimum Gasteiger partial charge on any atom is -0.368 e. The van der Waals surface area contributed by atoms with Gasteiger partial charge in [-0.05, 0) is 47.3 Å². The van der Waals surface area contributed by atoms with Gasteiger partial charge in [0, 0.05) is 37.3 Å². The van der Waals surface area contributed by atoms with Crippen molar-refractivity contribution in [2.24, 2.45) is 0 Å². The fourth-order valence-electron chi connectivity index (χ4n) is 3.12. The summed E-state index contributed by atoms with van der Waals surface area (Å²) in [6, 6.07) is 7.46. The largest absolute Gasteiger partial charge is 0.368 e. The highest BCUT2D eigenvalue weighted by Crippen LogP contribution is 2.20. The monoisotopic (exact) mass is 380 g/mol. The van der Waals surface area contributed by atoms with Crippen molar-refractivity contribution < 1.29 is 14.3 Å². The Hall–Kier alpha value is -1.40. The van der Waals surface area contributed by atoms with Crippen molar-refractivity contribution in [3.05, 3.63) is 34.3 Å². The SMILES string of the molecule is O=C(c1ccccc1Br)N1CCCN(C(=O)C2CCCO2)CC1. The van der Waals surface area contributed by atoms with Crippen molar-refractivity contribution in [2.75, 3.05) is 32.8 Å². The molecule has 1 atom stereocenters. The van der Waals surface area contributed by atoms with Crippen LogP contribution in [0.5, 0.6) is 0 Å². The van der Waals surface area contributed by atoms with Crippen LogP contribution in [0.25, 0.3) is 0 Å². The van der Waals surface area contributed by atoms with Gasteiger partial charge in [-0.2, -0.15) is 0 Å². The summed E-state index contributed by atoms with van der Waals surface area (Å²) in [6.45, 7) is 3.19. The zero-order chi connectivity index (χ0) is 16.2. The highest BCUT2D eigenvalue weighted by atomic mass is 79.9. The maximum absolute atomic E-state index is 12.7. The molecule has 0 N–H and O–H groups in total. The van der Waals surface area contributed by atoms with E-state index in [2.05, 4.69) is 15.9 Å². The van der Waals surface area contributed by atoms with Crippen LogP contribution in [0.2, 0.25) is 0 Å². The maximum Gasteiger partial charge on any atom is 0.255 e. The highest BCUT2D eigenvalue weighted by molar-refractivity contribution is 9.10. The molecule has 0 aromatic heterocycles. The van der Waals surface area contributed by atoms with Crippen LogP contribution in [-0.2, 0) is 9.53 Å². The Morgan fingerprint density at radius 1 is 1.04 bits per heavy atom. The van der Waals surface area contributed by atoms with E-state index < -0.39 is 0 Å². The molecule has 0 spiro atoms.